The number of carbonyl (C=O) groups is 2. The molecule has 0 heterocycles. The van der Waals surface area contributed by atoms with Crippen LogP contribution in [-0.4, -0.2) is 23.1 Å². The Hall–Kier alpha value is -1.32. The fourth-order valence-corrected chi connectivity index (χ4v) is 2.28. The van der Waals surface area contributed by atoms with E-state index in [2.05, 4.69) is 13.5 Å². The molecular formula is C18H32O4. The molecule has 0 rings (SSSR count). The van der Waals surface area contributed by atoms with Gasteiger partial charge in [-0.25, -0.2) is 9.59 Å². The molecule has 0 spiro atoms. The smallest absolute Gasteiger partial charge is 0.345 e. The highest BCUT2D eigenvalue weighted by Gasteiger charge is 2.21. The molecule has 0 aliphatic heterocycles. The summed E-state index contributed by atoms with van der Waals surface area (Å²) < 4.78 is 4.92. The zero-order valence-electron chi connectivity index (χ0n) is 14.2. The van der Waals surface area contributed by atoms with Gasteiger partial charge in [0.05, 0.1) is 0 Å². The summed E-state index contributed by atoms with van der Waals surface area (Å²) in [6.45, 7) is 7.19. The van der Waals surface area contributed by atoms with Crippen molar-refractivity contribution in [3.8, 4) is 0 Å². The minimum atomic E-state index is -1.08. The molecule has 0 bridgehead atoms. The molecule has 0 fully saturated rings. The van der Waals surface area contributed by atoms with E-state index in [0.29, 0.717) is 6.42 Å². The number of carboxylic acids is 1. The summed E-state index contributed by atoms with van der Waals surface area (Å²) in [6.07, 6.45) is 11.3. The van der Waals surface area contributed by atoms with Gasteiger partial charge in [-0.3, -0.25) is 0 Å². The fraction of sp³-hybridized carbons (Fsp3) is 0.778. The summed E-state index contributed by atoms with van der Waals surface area (Å²) >= 11 is 0. The molecule has 0 aliphatic carbocycles. The van der Waals surface area contributed by atoms with Gasteiger partial charge in [-0.15, -0.1) is 0 Å². The number of rotatable bonds is 14. The highest BCUT2D eigenvalue weighted by Crippen LogP contribution is 2.13. The van der Waals surface area contributed by atoms with E-state index in [0.717, 1.165) is 19.3 Å². The van der Waals surface area contributed by atoms with E-state index in [-0.39, 0.29) is 5.57 Å². The number of carbonyl (C=O) groups excluding carboxylic acids is 1. The van der Waals surface area contributed by atoms with Crippen LogP contribution in [0.5, 0.6) is 0 Å². The van der Waals surface area contributed by atoms with E-state index in [4.69, 9.17) is 9.84 Å². The molecule has 0 aliphatic rings. The molecule has 0 aromatic heterocycles. The van der Waals surface area contributed by atoms with Crippen molar-refractivity contribution < 1.29 is 19.4 Å². The summed E-state index contributed by atoms with van der Waals surface area (Å²) in [5, 5.41) is 9.04. The van der Waals surface area contributed by atoms with Gasteiger partial charge < -0.3 is 9.84 Å². The average molecular weight is 312 g/mol. The zero-order valence-corrected chi connectivity index (χ0v) is 14.2. The Labute approximate surface area is 134 Å². The quantitative estimate of drug-likeness (QED) is 0.282. The number of aliphatic carboxylic acids is 1. The lowest BCUT2D eigenvalue weighted by Gasteiger charge is -2.13. The van der Waals surface area contributed by atoms with Crippen LogP contribution in [0.3, 0.4) is 0 Å². The van der Waals surface area contributed by atoms with Crippen LogP contribution < -0.4 is 0 Å². The van der Waals surface area contributed by atoms with Crippen LogP contribution in [0.15, 0.2) is 12.2 Å². The van der Waals surface area contributed by atoms with Crippen LogP contribution in [-0.2, 0) is 14.3 Å². The highest BCUT2D eigenvalue weighted by atomic mass is 16.6. The molecule has 0 amide bonds. The molecule has 22 heavy (non-hydrogen) atoms. The normalized spacial score (nSPS) is 11.9. The average Bonchev–Trinajstić information content (AvgIpc) is 2.47. The van der Waals surface area contributed by atoms with Gasteiger partial charge in [0.2, 0.25) is 0 Å². The molecule has 0 radical (unpaired) electrons. The first-order valence-corrected chi connectivity index (χ1v) is 8.58. The zero-order chi connectivity index (χ0) is 16.8. The maximum atomic E-state index is 11.4. The van der Waals surface area contributed by atoms with Crippen molar-refractivity contribution in [3.05, 3.63) is 12.2 Å². The minimum Gasteiger partial charge on any atom is -0.479 e. The largest absolute Gasteiger partial charge is 0.479 e. The maximum Gasteiger partial charge on any atom is 0.345 e. The lowest BCUT2D eigenvalue weighted by molar-refractivity contribution is -0.161. The molecule has 1 unspecified atom stereocenters. The second-order valence-electron chi connectivity index (χ2n) is 5.98. The van der Waals surface area contributed by atoms with Crippen molar-refractivity contribution in [1.29, 1.82) is 0 Å². The third-order valence-electron chi connectivity index (χ3n) is 3.69. The van der Waals surface area contributed by atoms with Gasteiger partial charge in [-0.05, 0) is 19.8 Å². The van der Waals surface area contributed by atoms with Crippen LogP contribution in [0.2, 0.25) is 0 Å². The third-order valence-corrected chi connectivity index (χ3v) is 3.69. The van der Waals surface area contributed by atoms with E-state index in [1.54, 1.807) is 0 Å². The van der Waals surface area contributed by atoms with Crippen LogP contribution >= 0.6 is 0 Å². The predicted octanol–water partition coefficient (Wildman–Crippen LogP) is 4.87. The number of esters is 1. The van der Waals surface area contributed by atoms with E-state index in [9.17, 15) is 9.59 Å². The van der Waals surface area contributed by atoms with Gasteiger partial charge in [-0.1, -0.05) is 71.3 Å². The van der Waals surface area contributed by atoms with Crippen LogP contribution in [0, 0.1) is 0 Å². The van der Waals surface area contributed by atoms with Crippen molar-refractivity contribution in [3.63, 3.8) is 0 Å². The van der Waals surface area contributed by atoms with Crippen molar-refractivity contribution in [2.24, 2.45) is 0 Å². The van der Waals surface area contributed by atoms with Gasteiger partial charge >= 0.3 is 11.9 Å². The Balaban J connectivity index is 3.63. The summed E-state index contributed by atoms with van der Waals surface area (Å²) in [5.41, 5.74) is 0.231. The Morgan fingerprint density at radius 3 is 1.82 bits per heavy atom. The Morgan fingerprint density at radius 1 is 0.955 bits per heavy atom. The molecule has 0 aromatic rings. The van der Waals surface area contributed by atoms with Gasteiger partial charge in [0.15, 0.2) is 6.10 Å². The van der Waals surface area contributed by atoms with Crippen molar-refractivity contribution >= 4 is 11.9 Å². The maximum absolute atomic E-state index is 11.4. The second kappa shape index (κ2) is 13.4. The Kier molecular flexibility index (Phi) is 12.5. The molecule has 1 atom stereocenters. The first-order chi connectivity index (χ1) is 10.5. The molecule has 0 aromatic carbocycles. The Morgan fingerprint density at radius 2 is 1.41 bits per heavy atom. The number of ether oxygens (including phenoxy) is 1. The van der Waals surface area contributed by atoms with Gasteiger partial charge in [0.1, 0.15) is 0 Å². The molecule has 0 saturated carbocycles. The lowest BCUT2D eigenvalue weighted by Crippen LogP contribution is -2.27. The number of hydrogen-bond donors (Lipinski definition) is 1. The minimum absolute atomic E-state index is 0.231. The third kappa shape index (κ3) is 11.4. The van der Waals surface area contributed by atoms with E-state index in [1.807, 2.05) is 0 Å². The molecule has 128 valence electrons. The first-order valence-electron chi connectivity index (χ1n) is 8.58. The molecule has 0 saturated heterocycles. The molecule has 4 nitrogen and oxygen atoms in total. The number of hydrogen-bond acceptors (Lipinski definition) is 3. The van der Waals surface area contributed by atoms with E-state index < -0.39 is 18.0 Å². The number of carboxylic acid groups (broad SMARTS) is 1. The fourth-order valence-electron chi connectivity index (χ4n) is 2.28. The summed E-state index contributed by atoms with van der Waals surface area (Å²) in [5.74, 6) is -1.70. The summed E-state index contributed by atoms with van der Waals surface area (Å²) in [6, 6.07) is 0. The van der Waals surface area contributed by atoms with Gasteiger partial charge in [0.25, 0.3) is 0 Å². The Bertz CT molecular complexity index is 336. The van der Waals surface area contributed by atoms with Crippen molar-refractivity contribution in [1.82, 2.24) is 0 Å². The SMILES string of the molecule is C=C(C)C(=O)OC(CCCCCCCCCCCC)C(=O)O. The van der Waals surface area contributed by atoms with Crippen molar-refractivity contribution in [2.75, 3.05) is 0 Å². The van der Waals surface area contributed by atoms with Crippen LogP contribution in [0.4, 0.5) is 0 Å². The predicted molar refractivity (Wildman–Crippen MR) is 88.8 cm³/mol. The lowest BCUT2D eigenvalue weighted by atomic mass is 10.0. The summed E-state index contributed by atoms with van der Waals surface area (Å²) in [4.78, 5) is 22.4. The van der Waals surface area contributed by atoms with E-state index >= 15 is 0 Å². The van der Waals surface area contributed by atoms with Gasteiger partial charge in [-0.2, -0.15) is 0 Å². The number of unbranched alkanes of at least 4 members (excludes halogenated alkanes) is 9. The first kappa shape index (κ1) is 20.7. The van der Waals surface area contributed by atoms with Gasteiger partial charge in [0, 0.05) is 5.57 Å². The topological polar surface area (TPSA) is 63.6 Å². The molecule has 4 heteroatoms. The van der Waals surface area contributed by atoms with E-state index in [1.165, 1.54) is 51.9 Å². The highest BCUT2D eigenvalue weighted by molar-refractivity contribution is 5.89. The second-order valence-corrected chi connectivity index (χ2v) is 5.98. The molecular weight excluding hydrogens is 280 g/mol. The monoisotopic (exact) mass is 312 g/mol. The standard InChI is InChI=1S/C18H32O4/c1-4-5-6-7-8-9-10-11-12-13-14-16(17(19)20)22-18(21)15(2)3/h16H,2,4-14H2,1,3H3,(H,19,20). The van der Waals surface area contributed by atoms with Crippen LogP contribution in [0.1, 0.15) is 84.5 Å². The van der Waals surface area contributed by atoms with Crippen LogP contribution in [0.25, 0.3) is 0 Å². The van der Waals surface area contributed by atoms with Crippen molar-refractivity contribution in [2.45, 2.75) is 90.6 Å². The molecule has 1 N–H and O–H groups in total. The summed E-state index contributed by atoms with van der Waals surface area (Å²) in [7, 11) is 0.